The van der Waals surface area contributed by atoms with Crippen molar-refractivity contribution in [1.29, 1.82) is 0 Å². The third kappa shape index (κ3) is 6.42. The zero-order valence-corrected chi connectivity index (χ0v) is 22.0. The molecule has 1 amide bonds. The number of carbonyl (C=O) groups is 1. The topological polar surface area (TPSA) is 69.7 Å². The molecule has 1 N–H and O–H groups in total. The summed E-state index contributed by atoms with van der Waals surface area (Å²) in [5.74, 6) is -0.366. The third-order valence-electron chi connectivity index (χ3n) is 6.08. The van der Waals surface area contributed by atoms with E-state index >= 15 is 0 Å². The maximum atomic E-state index is 13.6. The van der Waals surface area contributed by atoms with Crippen LogP contribution in [0.5, 0.6) is 0 Å². The lowest BCUT2D eigenvalue weighted by molar-refractivity contribution is -0.119. The summed E-state index contributed by atoms with van der Waals surface area (Å²) in [4.78, 5) is 15.4. The Labute approximate surface area is 209 Å². The minimum atomic E-state index is -3.94. The first-order valence-electron chi connectivity index (χ1n) is 11.9. The molecule has 7 heteroatoms. The summed E-state index contributed by atoms with van der Waals surface area (Å²) in [7, 11) is -3.94. The highest BCUT2D eigenvalue weighted by Gasteiger charge is 2.28. The van der Waals surface area contributed by atoms with E-state index in [-0.39, 0.29) is 17.3 Å². The van der Waals surface area contributed by atoms with Crippen LogP contribution in [0.2, 0.25) is 0 Å². The van der Waals surface area contributed by atoms with Crippen LogP contribution in [-0.4, -0.2) is 34.0 Å². The van der Waals surface area contributed by atoms with Crippen molar-refractivity contribution in [3.63, 3.8) is 0 Å². The fraction of sp³-hybridized carbons (Fsp3) is 0.321. The summed E-state index contributed by atoms with van der Waals surface area (Å²) in [5, 5.41) is 2.88. The van der Waals surface area contributed by atoms with Gasteiger partial charge in [-0.3, -0.25) is 9.10 Å². The van der Waals surface area contributed by atoms with E-state index in [0.717, 1.165) is 41.0 Å². The van der Waals surface area contributed by atoms with Gasteiger partial charge in [0.05, 0.1) is 10.6 Å². The number of rotatable bonds is 10. The van der Waals surface area contributed by atoms with Gasteiger partial charge in [-0.05, 0) is 81.6 Å². The van der Waals surface area contributed by atoms with E-state index in [1.54, 1.807) is 30.3 Å². The van der Waals surface area contributed by atoms with Crippen LogP contribution >= 0.6 is 0 Å². The number of amides is 1. The number of aryl methyl sites for hydroxylation is 3. The van der Waals surface area contributed by atoms with Crippen LogP contribution in [0.25, 0.3) is 0 Å². The molecule has 0 bridgehead atoms. The van der Waals surface area contributed by atoms with Crippen LogP contribution in [0.1, 0.15) is 36.1 Å². The van der Waals surface area contributed by atoms with Crippen LogP contribution in [0.3, 0.4) is 0 Å². The SMILES string of the molecule is CCN(CC)c1ccc(CNC(=O)CN(c2cc(C)ccc2C)S(=O)(=O)c2ccc(C)cc2)cc1. The molecule has 0 radical (unpaired) electrons. The Kier molecular flexibility index (Phi) is 8.57. The Morgan fingerprint density at radius 1 is 0.829 bits per heavy atom. The largest absolute Gasteiger partial charge is 0.372 e. The van der Waals surface area contributed by atoms with Crippen LogP contribution in [0.4, 0.5) is 11.4 Å². The number of nitrogens with one attached hydrogen (secondary N) is 1. The van der Waals surface area contributed by atoms with Gasteiger partial charge in [0.25, 0.3) is 10.0 Å². The number of benzene rings is 3. The lowest BCUT2D eigenvalue weighted by atomic mass is 10.1. The molecule has 6 nitrogen and oxygen atoms in total. The summed E-state index contributed by atoms with van der Waals surface area (Å²) in [6.07, 6.45) is 0. The summed E-state index contributed by atoms with van der Waals surface area (Å²) < 4.78 is 28.4. The zero-order chi connectivity index (χ0) is 25.6. The molecule has 0 aliphatic rings. The number of anilines is 2. The maximum Gasteiger partial charge on any atom is 0.264 e. The van der Waals surface area contributed by atoms with Gasteiger partial charge in [0.1, 0.15) is 6.54 Å². The van der Waals surface area contributed by atoms with Crippen molar-refractivity contribution in [3.8, 4) is 0 Å². The highest BCUT2D eigenvalue weighted by Crippen LogP contribution is 2.28. The van der Waals surface area contributed by atoms with Crippen molar-refractivity contribution in [2.45, 2.75) is 46.1 Å². The summed E-state index contributed by atoms with van der Waals surface area (Å²) >= 11 is 0. The molecule has 0 aliphatic heterocycles. The Bertz CT molecular complexity index is 1250. The number of sulfonamides is 1. The second-order valence-electron chi connectivity index (χ2n) is 8.73. The van der Waals surface area contributed by atoms with E-state index in [0.29, 0.717) is 12.2 Å². The second-order valence-corrected chi connectivity index (χ2v) is 10.6. The van der Waals surface area contributed by atoms with E-state index in [2.05, 4.69) is 24.1 Å². The van der Waals surface area contributed by atoms with Crippen LogP contribution in [0, 0.1) is 20.8 Å². The minimum Gasteiger partial charge on any atom is -0.372 e. The lowest BCUT2D eigenvalue weighted by Gasteiger charge is -2.26. The molecule has 0 aromatic heterocycles. The highest BCUT2D eigenvalue weighted by molar-refractivity contribution is 7.92. The molecule has 186 valence electrons. The number of hydrogen-bond acceptors (Lipinski definition) is 4. The summed E-state index contributed by atoms with van der Waals surface area (Å²) in [6, 6.07) is 20.3. The molecule has 0 saturated heterocycles. The average molecular weight is 494 g/mol. The Morgan fingerprint density at radius 3 is 2.03 bits per heavy atom. The van der Waals surface area contributed by atoms with Crippen molar-refractivity contribution in [2.24, 2.45) is 0 Å². The summed E-state index contributed by atoms with van der Waals surface area (Å²) in [5.41, 5.74) is 5.26. The number of nitrogens with zero attached hydrogens (tertiary/aromatic N) is 2. The predicted molar refractivity (Wildman–Crippen MR) is 143 cm³/mol. The van der Waals surface area contributed by atoms with Crippen molar-refractivity contribution < 1.29 is 13.2 Å². The van der Waals surface area contributed by atoms with Gasteiger partial charge in [0.2, 0.25) is 5.91 Å². The monoisotopic (exact) mass is 493 g/mol. The van der Waals surface area contributed by atoms with Gasteiger partial charge < -0.3 is 10.2 Å². The van der Waals surface area contributed by atoms with Crippen molar-refractivity contribution in [1.82, 2.24) is 5.32 Å². The van der Waals surface area contributed by atoms with E-state index in [1.807, 2.05) is 57.2 Å². The first kappa shape index (κ1) is 26.3. The van der Waals surface area contributed by atoms with Crippen molar-refractivity contribution in [3.05, 3.63) is 89.0 Å². The fourth-order valence-corrected chi connectivity index (χ4v) is 5.40. The maximum absolute atomic E-state index is 13.6. The molecule has 0 spiro atoms. The smallest absolute Gasteiger partial charge is 0.264 e. The fourth-order valence-electron chi connectivity index (χ4n) is 3.93. The molecule has 3 rings (SSSR count). The van der Waals surface area contributed by atoms with Crippen LogP contribution in [-0.2, 0) is 21.4 Å². The van der Waals surface area contributed by atoms with Crippen LogP contribution in [0.15, 0.2) is 71.6 Å². The molecule has 3 aromatic carbocycles. The average Bonchev–Trinajstić information content (AvgIpc) is 2.84. The van der Waals surface area contributed by atoms with Gasteiger partial charge in [0.15, 0.2) is 0 Å². The number of carbonyl (C=O) groups excluding carboxylic acids is 1. The van der Waals surface area contributed by atoms with Gasteiger partial charge >= 0.3 is 0 Å². The number of hydrogen-bond donors (Lipinski definition) is 1. The standard InChI is InChI=1S/C28H35N3O3S/c1-6-30(7-2)25-14-12-24(13-15-25)19-29-28(32)20-31(27-18-22(4)8-11-23(27)5)35(33,34)26-16-9-21(3)10-17-26/h8-18H,6-7,19-20H2,1-5H3,(H,29,32). The van der Waals surface area contributed by atoms with E-state index in [1.165, 1.54) is 4.31 Å². The van der Waals surface area contributed by atoms with E-state index in [9.17, 15) is 13.2 Å². The molecule has 3 aromatic rings. The van der Waals surface area contributed by atoms with Gasteiger partial charge in [0, 0.05) is 25.3 Å². The molecule has 0 fully saturated rings. The third-order valence-corrected chi connectivity index (χ3v) is 7.86. The molecular formula is C28H35N3O3S. The molecule has 0 saturated carbocycles. The van der Waals surface area contributed by atoms with Gasteiger partial charge in [-0.2, -0.15) is 0 Å². The van der Waals surface area contributed by atoms with Crippen LogP contribution < -0.4 is 14.5 Å². The van der Waals surface area contributed by atoms with Crippen molar-refractivity contribution >= 4 is 27.3 Å². The quantitative estimate of drug-likeness (QED) is 0.433. The molecular weight excluding hydrogens is 458 g/mol. The van der Waals surface area contributed by atoms with Gasteiger partial charge in [-0.15, -0.1) is 0 Å². The van der Waals surface area contributed by atoms with Crippen molar-refractivity contribution in [2.75, 3.05) is 28.8 Å². The van der Waals surface area contributed by atoms with E-state index in [4.69, 9.17) is 0 Å². The Hall–Kier alpha value is -3.32. The molecule has 0 unspecified atom stereocenters. The lowest BCUT2D eigenvalue weighted by Crippen LogP contribution is -2.41. The highest BCUT2D eigenvalue weighted by atomic mass is 32.2. The molecule has 0 atom stereocenters. The van der Waals surface area contributed by atoms with Gasteiger partial charge in [-0.25, -0.2) is 8.42 Å². The first-order valence-corrected chi connectivity index (χ1v) is 13.4. The Balaban J connectivity index is 1.82. The molecule has 35 heavy (non-hydrogen) atoms. The predicted octanol–water partition coefficient (Wildman–Crippen LogP) is 4.97. The summed E-state index contributed by atoms with van der Waals surface area (Å²) in [6.45, 7) is 11.8. The second kappa shape index (κ2) is 11.4. The first-order chi connectivity index (χ1) is 16.6. The zero-order valence-electron chi connectivity index (χ0n) is 21.2. The van der Waals surface area contributed by atoms with Gasteiger partial charge in [-0.1, -0.05) is 42.0 Å². The normalized spacial score (nSPS) is 11.2. The van der Waals surface area contributed by atoms with E-state index < -0.39 is 10.0 Å². The Morgan fingerprint density at radius 2 is 1.43 bits per heavy atom. The molecule has 0 aliphatic carbocycles. The minimum absolute atomic E-state index is 0.156. The molecule has 0 heterocycles.